The summed E-state index contributed by atoms with van der Waals surface area (Å²) in [5, 5.41) is 3.45. The first kappa shape index (κ1) is 16.3. The minimum absolute atomic E-state index is 0.0529. The van der Waals surface area contributed by atoms with E-state index in [-0.39, 0.29) is 12.1 Å². The Morgan fingerprint density at radius 3 is 2.43 bits per heavy atom. The number of rotatable bonds is 5. The van der Waals surface area contributed by atoms with Gasteiger partial charge in [-0.2, -0.15) is 13.2 Å². The summed E-state index contributed by atoms with van der Waals surface area (Å²) in [4.78, 5) is 0. The molecule has 3 atom stereocenters. The molecular weight excluding hydrogens is 279 g/mol. The smallest absolute Gasteiger partial charge is 0.378 e. The van der Waals surface area contributed by atoms with Crippen LogP contribution in [0.1, 0.15) is 43.9 Å². The largest absolute Gasteiger partial charge is 0.416 e. The van der Waals surface area contributed by atoms with Crippen molar-refractivity contribution in [2.45, 2.75) is 45.0 Å². The predicted octanol–water partition coefficient (Wildman–Crippen LogP) is 4.17. The molecule has 1 heterocycles. The summed E-state index contributed by atoms with van der Waals surface area (Å²) in [6.07, 6.45) is -2.14. The Labute approximate surface area is 123 Å². The Kier molecular flexibility index (Phi) is 5.27. The summed E-state index contributed by atoms with van der Waals surface area (Å²) in [6, 6.07) is 5.54. The minimum Gasteiger partial charge on any atom is -0.378 e. The Morgan fingerprint density at radius 2 is 1.95 bits per heavy atom. The van der Waals surface area contributed by atoms with Crippen LogP contribution in [0, 0.1) is 5.92 Å². The number of alkyl halides is 3. The van der Waals surface area contributed by atoms with E-state index in [0.29, 0.717) is 12.5 Å². The second-order valence-corrected chi connectivity index (χ2v) is 5.69. The molecule has 2 nitrogen and oxygen atoms in total. The van der Waals surface area contributed by atoms with Crippen LogP contribution in [0.3, 0.4) is 0 Å². The number of halogens is 3. The molecule has 1 aliphatic rings. The molecule has 0 bridgehead atoms. The average Bonchev–Trinajstić information content (AvgIpc) is 2.85. The number of benzene rings is 1. The molecule has 0 radical (unpaired) electrons. The van der Waals surface area contributed by atoms with E-state index in [2.05, 4.69) is 12.2 Å². The summed E-state index contributed by atoms with van der Waals surface area (Å²) in [7, 11) is 0. The fourth-order valence-electron chi connectivity index (χ4n) is 2.82. The Balaban J connectivity index is 2.16. The molecule has 3 unspecified atom stereocenters. The first-order valence-electron chi connectivity index (χ1n) is 7.44. The molecule has 0 aromatic heterocycles. The highest BCUT2D eigenvalue weighted by Gasteiger charge is 2.32. The van der Waals surface area contributed by atoms with Gasteiger partial charge >= 0.3 is 6.18 Å². The molecule has 1 fully saturated rings. The summed E-state index contributed by atoms with van der Waals surface area (Å²) in [6.45, 7) is 5.61. The van der Waals surface area contributed by atoms with Crippen LogP contribution in [0.4, 0.5) is 13.2 Å². The SMILES string of the molecule is CCCNC(c1ccc(C(F)(F)F)cc1)C1COC(C)C1. The van der Waals surface area contributed by atoms with E-state index in [1.807, 2.05) is 6.92 Å². The van der Waals surface area contributed by atoms with Gasteiger partial charge in [-0.15, -0.1) is 0 Å². The van der Waals surface area contributed by atoms with Gasteiger partial charge in [-0.1, -0.05) is 19.1 Å². The van der Waals surface area contributed by atoms with E-state index in [1.54, 1.807) is 12.1 Å². The first-order valence-corrected chi connectivity index (χ1v) is 7.44. The molecular formula is C16H22F3NO. The number of hydrogen-bond donors (Lipinski definition) is 1. The lowest BCUT2D eigenvalue weighted by Crippen LogP contribution is -2.29. The number of hydrogen-bond acceptors (Lipinski definition) is 2. The van der Waals surface area contributed by atoms with E-state index < -0.39 is 11.7 Å². The third-order valence-electron chi connectivity index (χ3n) is 3.91. The van der Waals surface area contributed by atoms with Crippen LogP contribution in [0.15, 0.2) is 24.3 Å². The maximum absolute atomic E-state index is 12.6. The van der Waals surface area contributed by atoms with Crippen LogP contribution >= 0.6 is 0 Å². The maximum Gasteiger partial charge on any atom is 0.416 e. The number of ether oxygens (including phenoxy) is 1. The van der Waals surface area contributed by atoms with Crippen LogP contribution in [0.5, 0.6) is 0 Å². The highest BCUT2D eigenvalue weighted by Crippen LogP contribution is 2.34. The second kappa shape index (κ2) is 6.79. The van der Waals surface area contributed by atoms with Crippen LogP contribution in [-0.4, -0.2) is 19.3 Å². The molecule has 5 heteroatoms. The van der Waals surface area contributed by atoms with Gasteiger partial charge in [0.2, 0.25) is 0 Å². The van der Waals surface area contributed by atoms with Gasteiger partial charge in [-0.05, 0) is 44.0 Å². The van der Waals surface area contributed by atoms with Gasteiger partial charge in [0.05, 0.1) is 18.3 Å². The van der Waals surface area contributed by atoms with Crippen LogP contribution in [0.2, 0.25) is 0 Å². The Morgan fingerprint density at radius 1 is 1.29 bits per heavy atom. The van der Waals surface area contributed by atoms with Gasteiger partial charge in [0.15, 0.2) is 0 Å². The molecule has 0 saturated carbocycles. The fourth-order valence-corrected chi connectivity index (χ4v) is 2.82. The molecule has 118 valence electrons. The zero-order valence-corrected chi connectivity index (χ0v) is 12.4. The van der Waals surface area contributed by atoms with Crippen molar-refractivity contribution in [3.63, 3.8) is 0 Å². The molecule has 1 N–H and O–H groups in total. The molecule has 1 aromatic carbocycles. The molecule has 1 aliphatic heterocycles. The van der Waals surface area contributed by atoms with Crippen molar-refractivity contribution in [1.29, 1.82) is 0 Å². The quantitative estimate of drug-likeness (QED) is 0.881. The van der Waals surface area contributed by atoms with Crippen molar-refractivity contribution in [2.24, 2.45) is 5.92 Å². The van der Waals surface area contributed by atoms with Crippen LogP contribution < -0.4 is 5.32 Å². The van der Waals surface area contributed by atoms with Gasteiger partial charge in [0, 0.05) is 12.0 Å². The predicted molar refractivity (Wildman–Crippen MR) is 76.0 cm³/mol. The van der Waals surface area contributed by atoms with Crippen LogP contribution in [0.25, 0.3) is 0 Å². The van der Waals surface area contributed by atoms with Crippen molar-refractivity contribution >= 4 is 0 Å². The van der Waals surface area contributed by atoms with Crippen molar-refractivity contribution in [3.05, 3.63) is 35.4 Å². The highest BCUT2D eigenvalue weighted by molar-refractivity contribution is 5.27. The zero-order valence-electron chi connectivity index (χ0n) is 12.4. The molecule has 0 amide bonds. The van der Waals surface area contributed by atoms with Crippen LogP contribution in [-0.2, 0) is 10.9 Å². The summed E-state index contributed by atoms with van der Waals surface area (Å²) in [5.74, 6) is 0.309. The highest BCUT2D eigenvalue weighted by atomic mass is 19.4. The lowest BCUT2D eigenvalue weighted by molar-refractivity contribution is -0.137. The van der Waals surface area contributed by atoms with Gasteiger partial charge in [-0.25, -0.2) is 0 Å². The van der Waals surface area contributed by atoms with E-state index in [4.69, 9.17) is 4.74 Å². The molecule has 0 aliphatic carbocycles. The van der Waals surface area contributed by atoms with E-state index in [1.165, 1.54) is 0 Å². The lowest BCUT2D eigenvalue weighted by atomic mass is 9.90. The molecule has 21 heavy (non-hydrogen) atoms. The van der Waals surface area contributed by atoms with Gasteiger partial charge in [0.25, 0.3) is 0 Å². The molecule has 2 rings (SSSR count). The third-order valence-corrected chi connectivity index (χ3v) is 3.91. The molecule has 0 spiro atoms. The van der Waals surface area contributed by atoms with Gasteiger partial charge in [-0.3, -0.25) is 0 Å². The van der Waals surface area contributed by atoms with Crippen molar-refractivity contribution < 1.29 is 17.9 Å². The third kappa shape index (κ3) is 4.20. The van der Waals surface area contributed by atoms with E-state index in [9.17, 15) is 13.2 Å². The lowest BCUT2D eigenvalue weighted by Gasteiger charge is -2.24. The van der Waals surface area contributed by atoms with Gasteiger partial charge < -0.3 is 10.1 Å². The van der Waals surface area contributed by atoms with E-state index in [0.717, 1.165) is 37.1 Å². The molecule has 1 aromatic rings. The average molecular weight is 301 g/mol. The van der Waals surface area contributed by atoms with Gasteiger partial charge in [0.1, 0.15) is 0 Å². The fraction of sp³-hybridized carbons (Fsp3) is 0.625. The van der Waals surface area contributed by atoms with Crippen molar-refractivity contribution in [2.75, 3.05) is 13.2 Å². The Bertz CT molecular complexity index is 444. The minimum atomic E-state index is -4.28. The molecule has 1 saturated heterocycles. The zero-order chi connectivity index (χ0) is 15.5. The maximum atomic E-state index is 12.6. The van der Waals surface area contributed by atoms with E-state index >= 15 is 0 Å². The Hall–Kier alpha value is -1.07. The monoisotopic (exact) mass is 301 g/mol. The number of nitrogens with one attached hydrogen (secondary N) is 1. The van der Waals surface area contributed by atoms with Crippen molar-refractivity contribution in [1.82, 2.24) is 5.32 Å². The summed E-state index contributed by atoms with van der Waals surface area (Å²) >= 11 is 0. The topological polar surface area (TPSA) is 21.3 Å². The van der Waals surface area contributed by atoms with Crippen molar-refractivity contribution in [3.8, 4) is 0 Å². The second-order valence-electron chi connectivity index (χ2n) is 5.69. The standard InChI is InChI=1S/C16H22F3NO/c1-3-8-20-15(13-9-11(2)21-10-13)12-4-6-14(7-5-12)16(17,18)19/h4-7,11,13,15,20H,3,8-10H2,1-2H3. The first-order chi connectivity index (χ1) is 9.91. The summed E-state index contributed by atoms with van der Waals surface area (Å²) in [5.41, 5.74) is 0.302. The summed E-state index contributed by atoms with van der Waals surface area (Å²) < 4.78 is 43.5. The normalized spacial score (nSPS) is 24.2.